The summed E-state index contributed by atoms with van der Waals surface area (Å²) in [6.45, 7) is 9.10. The Labute approximate surface area is 132 Å². The minimum atomic E-state index is 0.234. The van der Waals surface area contributed by atoms with Crippen LogP contribution in [-0.4, -0.2) is 47.0 Å². The molecule has 0 atom stereocenters. The second-order valence-electron chi connectivity index (χ2n) is 4.95. The SMILES string of the molecule is CC.CCC(=O)N1CCN(c2nccc3ccncc23)CC1. The second kappa shape index (κ2) is 7.73. The molecule has 0 radical (unpaired) electrons. The molecular weight excluding hydrogens is 276 g/mol. The number of hydrogen-bond acceptors (Lipinski definition) is 4. The largest absolute Gasteiger partial charge is 0.353 e. The van der Waals surface area contributed by atoms with Gasteiger partial charge in [-0.2, -0.15) is 0 Å². The van der Waals surface area contributed by atoms with Crippen LogP contribution in [0.5, 0.6) is 0 Å². The number of piperazine rings is 1. The molecule has 1 aliphatic rings. The number of nitrogens with zero attached hydrogens (tertiary/aromatic N) is 4. The zero-order chi connectivity index (χ0) is 15.9. The molecule has 0 spiro atoms. The predicted octanol–water partition coefficient (Wildman–Crippen LogP) is 2.71. The van der Waals surface area contributed by atoms with Gasteiger partial charge in [0, 0.05) is 56.6 Å². The van der Waals surface area contributed by atoms with Crippen molar-refractivity contribution < 1.29 is 4.79 Å². The van der Waals surface area contributed by atoms with Crippen molar-refractivity contribution in [3.8, 4) is 0 Å². The van der Waals surface area contributed by atoms with Crippen LogP contribution in [0.1, 0.15) is 27.2 Å². The van der Waals surface area contributed by atoms with Crippen molar-refractivity contribution in [2.24, 2.45) is 0 Å². The molecule has 0 aliphatic carbocycles. The number of carbonyl (C=O) groups excluding carboxylic acids is 1. The van der Waals surface area contributed by atoms with E-state index in [9.17, 15) is 4.79 Å². The maximum Gasteiger partial charge on any atom is 0.222 e. The molecule has 5 nitrogen and oxygen atoms in total. The maximum absolute atomic E-state index is 11.7. The van der Waals surface area contributed by atoms with Crippen molar-refractivity contribution >= 4 is 22.5 Å². The first-order valence-electron chi connectivity index (χ1n) is 8.01. The summed E-state index contributed by atoms with van der Waals surface area (Å²) >= 11 is 0. The van der Waals surface area contributed by atoms with Gasteiger partial charge in [0.05, 0.1) is 0 Å². The van der Waals surface area contributed by atoms with E-state index in [0.29, 0.717) is 6.42 Å². The highest BCUT2D eigenvalue weighted by Gasteiger charge is 2.21. The molecule has 5 heteroatoms. The van der Waals surface area contributed by atoms with Gasteiger partial charge in [-0.25, -0.2) is 4.98 Å². The zero-order valence-corrected chi connectivity index (χ0v) is 13.6. The number of amides is 1. The van der Waals surface area contributed by atoms with Crippen molar-refractivity contribution in [3.05, 3.63) is 30.7 Å². The standard InChI is InChI=1S/C15H18N4O.C2H6/c1-2-14(20)18-7-9-19(10-8-18)15-13-11-16-5-3-12(13)4-6-17-15;1-2/h3-6,11H,2,7-10H2,1H3;1-2H3. The average Bonchev–Trinajstić information content (AvgIpc) is 2.62. The molecule has 3 heterocycles. The molecule has 2 aromatic rings. The first-order valence-corrected chi connectivity index (χ1v) is 8.01. The summed E-state index contributed by atoms with van der Waals surface area (Å²) in [5, 5.41) is 2.22. The van der Waals surface area contributed by atoms with Gasteiger partial charge in [-0.3, -0.25) is 9.78 Å². The lowest BCUT2D eigenvalue weighted by atomic mass is 10.2. The molecule has 3 rings (SSSR count). The molecule has 118 valence electrons. The van der Waals surface area contributed by atoms with Gasteiger partial charge < -0.3 is 9.80 Å². The van der Waals surface area contributed by atoms with Crippen molar-refractivity contribution in [2.45, 2.75) is 27.2 Å². The highest BCUT2D eigenvalue weighted by atomic mass is 16.2. The Balaban J connectivity index is 0.000000847. The van der Waals surface area contributed by atoms with Gasteiger partial charge in [0.1, 0.15) is 5.82 Å². The van der Waals surface area contributed by atoms with Gasteiger partial charge in [0.25, 0.3) is 0 Å². The molecule has 1 amide bonds. The number of hydrogen-bond donors (Lipinski definition) is 0. The van der Waals surface area contributed by atoms with Crippen LogP contribution < -0.4 is 4.90 Å². The van der Waals surface area contributed by atoms with E-state index in [0.717, 1.165) is 42.8 Å². The van der Waals surface area contributed by atoms with Crippen LogP contribution in [0.15, 0.2) is 30.7 Å². The third-order valence-corrected chi connectivity index (χ3v) is 3.78. The van der Waals surface area contributed by atoms with Crippen LogP contribution in [0.4, 0.5) is 5.82 Å². The number of aromatic nitrogens is 2. The lowest BCUT2D eigenvalue weighted by Crippen LogP contribution is -2.48. The molecule has 1 saturated heterocycles. The summed E-state index contributed by atoms with van der Waals surface area (Å²) in [5.74, 6) is 1.20. The van der Waals surface area contributed by atoms with Crippen molar-refractivity contribution in [1.82, 2.24) is 14.9 Å². The Morgan fingerprint density at radius 2 is 1.82 bits per heavy atom. The molecule has 0 bridgehead atoms. The highest BCUT2D eigenvalue weighted by molar-refractivity contribution is 5.91. The number of carbonyl (C=O) groups is 1. The van der Waals surface area contributed by atoms with E-state index >= 15 is 0 Å². The summed E-state index contributed by atoms with van der Waals surface area (Å²) in [4.78, 5) is 24.6. The summed E-state index contributed by atoms with van der Waals surface area (Å²) in [6.07, 6.45) is 6.07. The first kappa shape index (κ1) is 16.2. The summed E-state index contributed by atoms with van der Waals surface area (Å²) in [5.41, 5.74) is 0. The van der Waals surface area contributed by atoms with E-state index in [1.165, 1.54) is 0 Å². The summed E-state index contributed by atoms with van der Waals surface area (Å²) in [6, 6.07) is 3.99. The fraction of sp³-hybridized carbons (Fsp3) is 0.471. The predicted molar refractivity (Wildman–Crippen MR) is 90.0 cm³/mol. The van der Waals surface area contributed by atoms with E-state index in [2.05, 4.69) is 14.9 Å². The Morgan fingerprint density at radius 3 is 2.50 bits per heavy atom. The van der Waals surface area contributed by atoms with E-state index in [1.54, 1.807) is 6.20 Å². The zero-order valence-electron chi connectivity index (χ0n) is 13.6. The van der Waals surface area contributed by atoms with Crippen LogP contribution in [0, 0.1) is 0 Å². The van der Waals surface area contributed by atoms with Gasteiger partial charge in [-0.15, -0.1) is 0 Å². The van der Waals surface area contributed by atoms with Crippen LogP contribution in [-0.2, 0) is 4.79 Å². The fourth-order valence-electron chi connectivity index (χ4n) is 2.64. The van der Waals surface area contributed by atoms with Gasteiger partial charge in [0.2, 0.25) is 5.91 Å². The molecule has 1 fully saturated rings. The van der Waals surface area contributed by atoms with Crippen LogP contribution in [0.3, 0.4) is 0 Å². The maximum atomic E-state index is 11.7. The minimum Gasteiger partial charge on any atom is -0.353 e. The van der Waals surface area contributed by atoms with Crippen LogP contribution in [0.2, 0.25) is 0 Å². The molecule has 0 aromatic carbocycles. The Kier molecular flexibility index (Phi) is 5.69. The number of pyridine rings is 2. The first-order chi connectivity index (χ1) is 10.8. The molecule has 0 saturated carbocycles. The molecule has 1 aliphatic heterocycles. The molecule has 0 N–H and O–H groups in total. The summed E-state index contributed by atoms with van der Waals surface area (Å²) in [7, 11) is 0. The molecule has 0 unspecified atom stereocenters. The Morgan fingerprint density at radius 1 is 1.14 bits per heavy atom. The normalized spacial score (nSPS) is 14.5. The number of fused-ring (bicyclic) bond motifs is 1. The van der Waals surface area contributed by atoms with E-state index in [1.807, 2.05) is 50.2 Å². The lowest BCUT2D eigenvalue weighted by molar-refractivity contribution is -0.131. The fourth-order valence-corrected chi connectivity index (χ4v) is 2.64. The summed E-state index contributed by atoms with van der Waals surface area (Å²) < 4.78 is 0. The van der Waals surface area contributed by atoms with Gasteiger partial charge in [-0.05, 0) is 17.5 Å². The van der Waals surface area contributed by atoms with Crippen molar-refractivity contribution in [3.63, 3.8) is 0 Å². The molecule has 22 heavy (non-hydrogen) atoms. The van der Waals surface area contributed by atoms with Crippen molar-refractivity contribution in [2.75, 3.05) is 31.1 Å². The van der Waals surface area contributed by atoms with Gasteiger partial charge in [-0.1, -0.05) is 20.8 Å². The smallest absolute Gasteiger partial charge is 0.222 e. The lowest BCUT2D eigenvalue weighted by Gasteiger charge is -2.35. The third kappa shape index (κ3) is 3.35. The minimum absolute atomic E-state index is 0.234. The number of anilines is 1. The van der Waals surface area contributed by atoms with Crippen LogP contribution in [0.25, 0.3) is 10.8 Å². The molecular formula is C17H24N4O. The van der Waals surface area contributed by atoms with Crippen LogP contribution >= 0.6 is 0 Å². The monoisotopic (exact) mass is 300 g/mol. The topological polar surface area (TPSA) is 49.3 Å². The Bertz CT molecular complexity index is 616. The van der Waals surface area contributed by atoms with E-state index in [-0.39, 0.29) is 5.91 Å². The van der Waals surface area contributed by atoms with E-state index < -0.39 is 0 Å². The van der Waals surface area contributed by atoms with Crippen molar-refractivity contribution in [1.29, 1.82) is 0 Å². The quantitative estimate of drug-likeness (QED) is 0.855. The highest BCUT2D eigenvalue weighted by Crippen LogP contribution is 2.24. The third-order valence-electron chi connectivity index (χ3n) is 3.78. The molecule has 2 aromatic heterocycles. The number of rotatable bonds is 2. The van der Waals surface area contributed by atoms with E-state index in [4.69, 9.17) is 0 Å². The van der Waals surface area contributed by atoms with Gasteiger partial charge in [0.15, 0.2) is 0 Å². The Hall–Kier alpha value is -2.17. The second-order valence-corrected chi connectivity index (χ2v) is 4.95. The van der Waals surface area contributed by atoms with Gasteiger partial charge >= 0.3 is 0 Å². The average molecular weight is 300 g/mol.